The molecule has 4 aromatic rings. The van der Waals surface area contributed by atoms with Crippen LogP contribution in [0.2, 0.25) is 0 Å². The second kappa shape index (κ2) is 9.84. The summed E-state index contributed by atoms with van der Waals surface area (Å²) in [5, 5.41) is 1.13. The zero-order chi connectivity index (χ0) is 24.4. The number of fused-ring (bicyclic) bond motifs is 1. The van der Waals surface area contributed by atoms with Gasteiger partial charge in [-0.05, 0) is 48.4 Å². The van der Waals surface area contributed by atoms with Gasteiger partial charge in [0.05, 0.1) is 30.8 Å². The maximum Gasteiger partial charge on any atom is 0.266 e. The maximum atomic E-state index is 13.5. The molecular formula is C27H25N3O4S. The molecule has 0 atom stereocenters. The van der Waals surface area contributed by atoms with Crippen LogP contribution in [0.5, 0.6) is 11.5 Å². The van der Waals surface area contributed by atoms with E-state index < -0.39 is 0 Å². The Labute approximate surface area is 207 Å². The summed E-state index contributed by atoms with van der Waals surface area (Å²) in [6.07, 6.45) is 1.51. The van der Waals surface area contributed by atoms with Crippen molar-refractivity contribution in [3.05, 3.63) is 82.6 Å². The molecule has 5 rings (SSSR count). The van der Waals surface area contributed by atoms with Crippen molar-refractivity contribution < 1.29 is 14.3 Å². The highest BCUT2D eigenvalue weighted by atomic mass is 32.2. The number of amides is 1. The van der Waals surface area contributed by atoms with Gasteiger partial charge in [0, 0.05) is 30.5 Å². The molecule has 0 saturated carbocycles. The minimum Gasteiger partial charge on any atom is -0.493 e. The zero-order valence-electron chi connectivity index (χ0n) is 19.6. The normalized spacial score (nSPS) is 13.4. The lowest BCUT2D eigenvalue weighted by atomic mass is 10.2. The monoisotopic (exact) mass is 487 g/mol. The average molecular weight is 488 g/mol. The summed E-state index contributed by atoms with van der Waals surface area (Å²) in [5.74, 6) is 1.91. The molecule has 7 nitrogen and oxygen atoms in total. The summed E-state index contributed by atoms with van der Waals surface area (Å²) in [6.45, 7) is 0.769. The van der Waals surface area contributed by atoms with E-state index >= 15 is 0 Å². The summed E-state index contributed by atoms with van der Waals surface area (Å²) >= 11 is 1.49. The Morgan fingerprint density at radius 3 is 2.37 bits per heavy atom. The molecule has 1 aliphatic rings. The molecule has 8 heteroatoms. The summed E-state index contributed by atoms with van der Waals surface area (Å²) in [4.78, 5) is 32.2. The van der Waals surface area contributed by atoms with Crippen LogP contribution in [0.4, 0.5) is 5.69 Å². The fourth-order valence-corrected chi connectivity index (χ4v) is 5.21. The molecule has 1 saturated heterocycles. The minimum absolute atomic E-state index is 0.145. The Balaban J connectivity index is 1.50. The summed E-state index contributed by atoms with van der Waals surface area (Å²) in [5.41, 5.74) is 3.16. The maximum absolute atomic E-state index is 13.5. The van der Waals surface area contributed by atoms with E-state index in [1.165, 1.54) is 11.8 Å². The number of carbonyl (C=O) groups excluding carboxylic acids is 1. The Morgan fingerprint density at radius 1 is 0.914 bits per heavy atom. The molecule has 35 heavy (non-hydrogen) atoms. The molecular weight excluding hydrogens is 462 g/mol. The van der Waals surface area contributed by atoms with Crippen molar-refractivity contribution in [2.24, 2.45) is 0 Å². The first-order valence-electron chi connectivity index (χ1n) is 11.4. The van der Waals surface area contributed by atoms with Crippen LogP contribution < -0.4 is 19.9 Å². The Bertz CT molecular complexity index is 1450. The van der Waals surface area contributed by atoms with Gasteiger partial charge in [-0.1, -0.05) is 36.0 Å². The highest BCUT2D eigenvalue weighted by molar-refractivity contribution is 7.98. The summed E-state index contributed by atoms with van der Waals surface area (Å²) in [7, 11) is 3.14. The van der Waals surface area contributed by atoms with Gasteiger partial charge >= 0.3 is 0 Å². The molecule has 1 aromatic heterocycles. The number of hydrogen-bond donors (Lipinski definition) is 0. The molecule has 1 fully saturated rings. The van der Waals surface area contributed by atoms with Crippen molar-refractivity contribution in [3.8, 4) is 17.2 Å². The van der Waals surface area contributed by atoms with Crippen molar-refractivity contribution in [3.63, 3.8) is 0 Å². The third-order valence-corrected chi connectivity index (χ3v) is 7.07. The first-order chi connectivity index (χ1) is 17.1. The second-order valence-electron chi connectivity index (χ2n) is 8.20. The van der Waals surface area contributed by atoms with Crippen molar-refractivity contribution in [2.75, 3.05) is 25.7 Å². The standard InChI is InChI=1S/C27H25N3O4S/c1-33-23-14-13-20(16-24(23)34-2)30-26(32)21-6-3-4-7-22(21)28-27(30)35-17-18-9-11-19(12-10-18)29-15-5-8-25(29)31/h3-4,6-7,9-14,16H,5,8,15,17H2,1-2H3. The number of thioether (sulfide) groups is 1. The number of nitrogens with zero attached hydrogens (tertiary/aromatic N) is 3. The Kier molecular flexibility index (Phi) is 6.46. The van der Waals surface area contributed by atoms with Gasteiger partial charge in [-0.15, -0.1) is 0 Å². The van der Waals surface area contributed by atoms with E-state index in [9.17, 15) is 9.59 Å². The molecule has 1 aliphatic heterocycles. The van der Waals surface area contributed by atoms with Crippen LogP contribution in [0.15, 0.2) is 76.7 Å². The number of carbonyl (C=O) groups is 1. The zero-order valence-corrected chi connectivity index (χ0v) is 20.4. The van der Waals surface area contributed by atoms with E-state index in [0.717, 1.165) is 24.2 Å². The quantitative estimate of drug-likeness (QED) is 0.275. The predicted molar refractivity (Wildman–Crippen MR) is 138 cm³/mol. The molecule has 0 spiro atoms. The fourth-order valence-electron chi connectivity index (χ4n) is 4.24. The van der Waals surface area contributed by atoms with E-state index in [4.69, 9.17) is 14.5 Å². The van der Waals surface area contributed by atoms with Gasteiger partial charge in [0.2, 0.25) is 5.91 Å². The van der Waals surface area contributed by atoms with Gasteiger partial charge in [0.15, 0.2) is 16.7 Å². The second-order valence-corrected chi connectivity index (χ2v) is 9.14. The van der Waals surface area contributed by atoms with E-state index in [1.807, 2.05) is 53.4 Å². The number of ether oxygens (including phenoxy) is 2. The molecule has 3 aromatic carbocycles. The van der Waals surface area contributed by atoms with E-state index in [0.29, 0.717) is 45.4 Å². The van der Waals surface area contributed by atoms with E-state index in [2.05, 4.69) is 0 Å². The third-order valence-electron chi connectivity index (χ3n) is 6.06. The van der Waals surface area contributed by atoms with Crippen molar-refractivity contribution >= 4 is 34.3 Å². The lowest BCUT2D eigenvalue weighted by Crippen LogP contribution is -2.23. The number of aromatic nitrogens is 2. The van der Waals surface area contributed by atoms with Crippen LogP contribution in [-0.4, -0.2) is 36.2 Å². The summed E-state index contributed by atoms with van der Waals surface area (Å²) < 4.78 is 12.4. The average Bonchev–Trinajstić information content (AvgIpc) is 3.33. The molecule has 0 radical (unpaired) electrons. The number of hydrogen-bond acceptors (Lipinski definition) is 6. The SMILES string of the molecule is COc1ccc(-n2c(SCc3ccc(N4CCCC4=O)cc3)nc3ccccc3c2=O)cc1OC. The van der Waals surface area contributed by atoms with Crippen LogP contribution in [0.25, 0.3) is 16.6 Å². The van der Waals surface area contributed by atoms with Crippen LogP contribution in [0, 0.1) is 0 Å². The van der Waals surface area contributed by atoms with Gasteiger partial charge in [0.1, 0.15) is 0 Å². The number of benzene rings is 3. The predicted octanol–water partition coefficient (Wildman–Crippen LogP) is 4.82. The van der Waals surface area contributed by atoms with Gasteiger partial charge < -0.3 is 14.4 Å². The van der Waals surface area contributed by atoms with Crippen molar-refractivity contribution in [2.45, 2.75) is 23.8 Å². The van der Waals surface area contributed by atoms with Gasteiger partial charge in [-0.25, -0.2) is 4.98 Å². The molecule has 0 unspecified atom stereocenters. The van der Waals surface area contributed by atoms with Gasteiger partial charge in [0.25, 0.3) is 5.56 Å². The largest absolute Gasteiger partial charge is 0.493 e. The molecule has 2 heterocycles. The van der Waals surface area contributed by atoms with Crippen molar-refractivity contribution in [1.82, 2.24) is 9.55 Å². The number of para-hydroxylation sites is 1. The highest BCUT2D eigenvalue weighted by Crippen LogP contribution is 2.31. The third kappa shape index (κ3) is 4.49. The van der Waals surface area contributed by atoms with Crippen molar-refractivity contribution in [1.29, 1.82) is 0 Å². The first-order valence-corrected chi connectivity index (χ1v) is 12.3. The molecule has 0 aliphatic carbocycles. The van der Waals surface area contributed by atoms with Gasteiger partial charge in [-0.2, -0.15) is 0 Å². The number of rotatable bonds is 7. The highest BCUT2D eigenvalue weighted by Gasteiger charge is 2.21. The van der Waals surface area contributed by atoms with Crippen LogP contribution in [0.3, 0.4) is 0 Å². The lowest BCUT2D eigenvalue weighted by Gasteiger charge is -2.17. The summed E-state index contributed by atoms with van der Waals surface area (Å²) in [6, 6.07) is 20.7. The van der Waals surface area contributed by atoms with E-state index in [1.54, 1.807) is 37.0 Å². The molecule has 0 N–H and O–H groups in total. The van der Waals surface area contributed by atoms with E-state index in [-0.39, 0.29) is 11.5 Å². The lowest BCUT2D eigenvalue weighted by molar-refractivity contribution is -0.117. The minimum atomic E-state index is -0.145. The van der Waals surface area contributed by atoms with Crippen LogP contribution >= 0.6 is 11.8 Å². The van der Waals surface area contributed by atoms with Gasteiger partial charge in [-0.3, -0.25) is 14.2 Å². The topological polar surface area (TPSA) is 73.7 Å². The molecule has 178 valence electrons. The number of anilines is 1. The molecule has 0 bridgehead atoms. The first kappa shape index (κ1) is 23.0. The fraction of sp³-hybridized carbons (Fsp3) is 0.222. The molecule has 1 amide bonds. The Morgan fingerprint density at radius 2 is 1.66 bits per heavy atom. The van der Waals surface area contributed by atoms with Crippen LogP contribution in [-0.2, 0) is 10.5 Å². The number of methoxy groups -OCH3 is 2. The Hall–Kier alpha value is -3.78. The van der Waals surface area contributed by atoms with Crippen LogP contribution in [0.1, 0.15) is 18.4 Å². The smallest absolute Gasteiger partial charge is 0.266 e.